The van der Waals surface area contributed by atoms with Crippen LogP contribution in [0.25, 0.3) is 0 Å². The molecule has 0 aromatic heterocycles. The second-order valence-electron chi connectivity index (χ2n) is 5.12. The number of carboxylic acid groups (broad SMARTS) is 1. The molecule has 1 aliphatic rings. The van der Waals surface area contributed by atoms with Crippen LogP contribution in [-0.2, 0) is 4.79 Å². The number of hydrogen-bond acceptors (Lipinski definition) is 2. The summed E-state index contributed by atoms with van der Waals surface area (Å²) in [6, 6.07) is 0.623. The fourth-order valence-electron chi connectivity index (χ4n) is 2.22. The van der Waals surface area contributed by atoms with Crippen molar-refractivity contribution in [3.63, 3.8) is 0 Å². The third-order valence-corrected chi connectivity index (χ3v) is 3.12. The molecule has 0 saturated heterocycles. The predicted molar refractivity (Wildman–Crippen MR) is 60.8 cm³/mol. The van der Waals surface area contributed by atoms with E-state index in [2.05, 4.69) is 19.2 Å². The number of nitrogens with one attached hydrogen (secondary N) is 1. The minimum Gasteiger partial charge on any atom is -0.481 e. The number of carbonyl (C=O) groups is 1. The lowest BCUT2D eigenvalue weighted by Gasteiger charge is -2.28. The van der Waals surface area contributed by atoms with E-state index < -0.39 is 5.97 Å². The molecule has 88 valence electrons. The van der Waals surface area contributed by atoms with Crippen molar-refractivity contribution in [3.05, 3.63) is 0 Å². The van der Waals surface area contributed by atoms with Crippen molar-refractivity contribution in [2.75, 3.05) is 6.54 Å². The van der Waals surface area contributed by atoms with Gasteiger partial charge in [-0.3, -0.25) is 4.79 Å². The average Bonchev–Trinajstić information content (AvgIpc) is 2.16. The van der Waals surface area contributed by atoms with Crippen LogP contribution in [-0.4, -0.2) is 23.7 Å². The zero-order chi connectivity index (χ0) is 11.3. The van der Waals surface area contributed by atoms with E-state index in [9.17, 15) is 4.79 Å². The van der Waals surface area contributed by atoms with Crippen LogP contribution in [0.5, 0.6) is 0 Å². The van der Waals surface area contributed by atoms with Crippen molar-refractivity contribution < 1.29 is 9.90 Å². The minimum absolute atomic E-state index is 0.358. The van der Waals surface area contributed by atoms with Gasteiger partial charge in [-0.1, -0.05) is 13.8 Å². The van der Waals surface area contributed by atoms with E-state index >= 15 is 0 Å². The van der Waals surface area contributed by atoms with Crippen LogP contribution in [0.2, 0.25) is 0 Å². The van der Waals surface area contributed by atoms with Crippen LogP contribution in [0.3, 0.4) is 0 Å². The van der Waals surface area contributed by atoms with Gasteiger partial charge >= 0.3 is 5.97 Å². The molecule has 0 atom stereocenters. The smallest absolute Gasteiger partial charge is 0.303 e. The Hall–Kier alpha value is -0.570. The Morgan fingerprint density at radius 1 is 1.33 bits per heavy atom. The molecule has 0 bridgehead atoms. The van der Waals surface area contributed by atoms with Crippen molar-refractivity contribution in [2.24, 2.45) is 11.8 Å². The van der Waals surface area contributed by atoms with Crippen molar-refractivity contribution in [3.8, 4) is 0 Å². The molecule has 0 aromatic carbocycles. The van der Waals surface area contributed by atoms with Crippen molar-refractivity contribution in [1.82, 2.24) is 5.32 Å². The molecule has 0 unspecified atom stereocenters. The molecule has 1 aliphatic carbocycles. The molecule has 2 N–H and O–H groups in total. The van der Waals surface area contributed by atoms with Gasteiger partial charge in [-0.15, -0.1) is 0 Å². The van der Waals surface area contributed by atoms with E-state index in [1.807, 2.05) is 0 Å². The van der Waals surface area contributed by atoms with Gasteiger partial charge in [0, 0.05) is 12.5 Å². The summed E-state index contributed by atoms with van der Waals surface area (Å²) in [5, 5.41) is 12.2. The molecule has 0 heterocycles. The molecule has 0 amide bonds. The quantitative estimate of drug-likeness (QED) is 0.736. The normalized spacial score (nSPS) is 26.9. The van der Waals surface area contributed by atoms with E-state index in [0.29, 0.717) is 24.3 Å². The second-order valence-corrected chi connectivity index (χ2v) is 5.12. The van der Waals surface area contributed by atoms with Crippen LogP contribution in [0, 0.1) is 11.8 Å². The molecule has 1 fully saturated rings. The maximum absolute atomic E-state index is 10.5. The SMILES string of the molecule is CC(C)CNC1CCC(CC(=O)O)CC1. The van der Waals surface area contributed by atoms with Crippen LogP contribution < -0.4 is 5.32 Å². The summed E-state index contributed by atoms with van der Waals surface area (Å²) in [7, 11) is 0. The van der Waals surface area contributed by atoms with Crippen LogP contribution in [0.4, 0.5) is 0 Å². The lowest BCUT2D eigenvalue weighted by Crippen LogP contribution is -2.35. The van der Waals surface area contributed by atoms with E-state index in [-0.39, 0.29) is 0 Å². The first-order chi connectivity index (χ1) is 7.08. The highest BCUT2D eigenvalue weighted by atomic mass is 16.4. The van der Waals surface area contributed by atoms with Gasteiger partial charge in [-0.25, -0.2) is 0 Å². The molecule has 1 rings (SSSR count). The van der Waals surface area contributed by atoms with Crippen molar-refractivity contribution in [2.45, 2.75) is 52.0 Å². The Bertz CT molecular complexity index is 196. The van der Waals surface area contributed by atoms with Gasteiger partial charge in [0.1, 0.15) is 0 Å². The highest BCUT2D eigenvalue weighted by molar-refractivity contribution is 5.67. The summed E-state index contributed by atoms with van der Waals surface area (Å²) >= 11 is 0. The Morgan fingerprint density at radius 3 is 2.40 bits per heavy atom. The maximum Gasteiger partial charge on any atom is 0.303 e. The van der Waals surface area contributed by atoms with Crippen molar-refractivity contribution >= 4 is 5.97 Å². The molecule has 15 heavy (non-hydrogen) atoms. The van der Waals surface area contributed by atoms with Crippen LogP contribution in [0.1, 0.15) is 46.0 Å². The largest absolute Gasteiger partial charge is 0.481 e. The van der Waals surface area contributed by atoms with E-state index in [1.165, 1.54) is 0 Å². The zero-order valence-electron chi connectivity index (χ0n) is 9.83. The summed E-state index contributed by atoms with van der Waals surface area (Å²) in [6.07, 6.45) is 4.79. The van der Waals surface area contributed by atoms with E-state index in [0.717, 1.165) is 32.2 Å². The number of rotatable bonds is 5. The summed E-state index contributed by atoms with van der Waals surface area (Å²) < 4.78 is 0. The maximum atomic E-state index is 10.5. The number of carboxylic acids is 1. The number of hydrogen-bond donors (Lipinski definition) is 2. The molecule has 0 aromatic rings. The first kappa shape index (κ1) is 12.5. The molecule has 3 heteroatoms. The van der Waals surface area contributed by atoms with Gasteiger partial charge in [-0.05, 0) is 44.1 Å². The van der Waals surface area contributed by atoms with E-state index in [1.54, 1.807) is 0 Å². The highest BCUT2D eigenvalue weighted by Gasteiger charge is 2.22. The monoisotopic (exact) mass is 213 g/mol. The summed E-state index contributed by atoms with van der Waals surface area (Å²) in [6.45, 7) is 5.50. The highest BCUT2D eigenvalue weighted by Crippen LogP contribution is 2.26. The molecule has 0 aliphatic heterocycles. The van der Waals surface area contributed by atoms with Crippen molar-refractivity contribution in [1.29, 1.82) is 0 Å². The van der Waals surface area contributed by atoms with Crippen LogP contribution in [0.15, 0.2) is 0 Å². The Morgan fingerprint density at radius 2 is 1.93 bits per heavy atom. The second kappa shape index (κ2) is 6.11. The average molecular weight is 213 g/mol. The molecule has 0 radical (unpaired) electrons. The zero-order valence-corrected chi connectivity index (χ0v) is 9.83. The summed E-state index contributed by atoms with van der Waals surface area (Å²) in [5.41, 5.74) is 0. The lowest BCUT2D eigenvalue weighted by molar-refractivity contribution is -0.138. The fraction of sp³-hybridized carbons (Fsp3) is 0.917. The molecule has 0 spiro atoms. The van der Waals surface area contributed by atoms with Gasteiger partial charge in [0.2, 0.25) is 0 Å². The predicted octanol–water partition coefficient (Wildman–Crippen LogP) is 2.27. The third kappa shape index (κ3) is 5.17. The van der Waals surface area contributed by atoms with Crippen LogP contribution >= 0.6 is 0 Å². The topological polar surface area (TPSA) is 49.3 Å². The molecule has 1 saturated carbocycles. The summed E-state index contributed by atoms with van der Waals surface area (Å²) in [4.78, 5) is 10.5. The van der Waals surface area contributed by atoms with Gasteiger partial charge in [0.15, 0.2) is 0 Å². The minimum atomic E-state index is -0.645. The van der Waals surface area contributed by atoms with Gasteiger partial charge in [0.25, 0.3) is 0 Å². The Kier molecular flexibility index (Phi) is 5.09. The molecular weight excluding hydrogens is 190 g/mol. The lowest BCUT2D eigenvalue weighted by atomic mass is 9.84. The van der Waals surface area contributed by atoms with Gasteiger partial charge in [-0.2, -0.15) is 0 Å². The molecular formula is C12H23NO2. The standard InChI is InChI=1S/C12H23NO2/c1-9(2)8-13-11-5-3-10(4-6-11)7-12(14)15/h9-11,13H,3-8H2,1-2H3,(H,14,15). The number of aliphatic carboxylic acids is 1. The van der Waals surface area contributed by atoms with Gasteiger partial charge < -0.3 is 10.4 Å². The third-order valence-electron chi connectivity index (χ3n) is 3.12. The first-order valence-corrected chi connectivity index (χ1v) is 6.03. The molecule has 3 nitrogen and oxygen atoms in total. The van der Waals surface area contributed by atoms with E-state index in [4.69, 9.17) is 5.11 Å². The fourth-order valence-corrected chi connectivity index (χ4v) is 2.22. The first-order valence-electron chi connectivity index (χ1n) is 6.03. The van der Waals surface area contributed by atoms with Gasteiger partial charge in [0.05, 0.1) is 0 Å². The Labute approximate surface area is 92.3 Å². The summed E-state index contributed by atoms with van der Waals surface area (Å²) in [5.74, 6) is 0.468. The Balaban J connectivity index is 2.15.